The van der Waals surface area contributed by atoms with Gasteiger partial charge in [0.25, 0.3) is 11.4 Å². The zero-order valence-corrected chi connectivity index (χ0v) is 21.8. The molecule has 206 valence electrons. The number of piperidine rings is 1. The summed E-state index contributed by atoms with van der Waals surface area (Å²) in [5.74, 6) is -0.234. The number of aryl methyl sites for hydroxylation is 1. The third-order valence-corrected chi connectivity index (χ3v) is 6.38. The molecule has 1 amide bonds. The highest BCUT2D eigenvalue weighted by molar-refractivity contribution is 5.81. The first-order chi connectivity index (χ1) is 18.3. The Morgan fingerprint density at radius 3 is 2.51 bits per heavy atom. The molecule has 1 aromatic carbocycles. The number of amides is 1. The fraction of sp³-hybridized carbons (Fsp3) is 0.423. The van der Waals surface area contributed by atoms with E-state index < -0.39 is 29.1 Å². The van der Waals surface area contributed by atoms with Gasteiger partial charge in [-0.15, -0.1) is 10.2 Å². The summed E-state index contributed by atoms with van der Waals surface area (Å²) in [7, 11) is 0. The first kappa shape index (κ1) is 26.4. The summed E-state index contributed by atoms with van der Waals surface area (Å²) in [6, 6.07) is 7.92. The number of nitrogens with one attached hydrogen (secondary N) is 1. The summed E-state index contributed by atoms with van der Waals surface area (Å²) in [4.78, 5) is 31.9. The standard InChI is InChI=1S/C26H27F3N6O4/c1-14-17(22-32-31-21(38-22)16-11-8-12-34(13-16)24(37)39-25(2,3)4)23(36)35-20(30-14)18(15-9-6-5-7-10-15)19(33-35)26(27,28)29/h5-7,9-10,16,33H,8,11-13H2,1-4H3. The molecule has 1 unspecified atom stereocenters. The maximum atomic E-state index is 14.0. The van der Waals surface area contributed by atoms with Crippen LogP contribution in [0, 0.1) is 6.92 Å². The van der Waals surface area contributed by atoms with Gasteiger partial charge in [-0.2, -0.15) is 17.7 Å². The molecular formula is C26H27F3N6O4. The van der Waals surface area contributed by atoms with Crippen LogP contribution < -0.4 is 5.56 Å². The molecule has 3 aromatic heterocycles. The lowest BCUT2D eigenvalue weighted by Gasteiger charge is -2.32. The number of halogens is 3. The van der Waals surface area contributed by atoms with Gasteiger partial charge < -0.3 is 14.1 Å². The van der Waals surface area contributed by atoms with Crippen molar-refractivity contribution in [3.05, 3.63) is 58.0 Å². The third kappa shape index (κ3) is 5.12. The van der Waals surface area contributed by atoms with Crippen LogP contribution in [0.1, 0.15) is 56.8 Å². The highest BCUT2D eigenvalue weighted by atomic mass is 19.4. The van der Waals surface area contributed by atoms with Crippen LogP contribution in [-0.4, -0.2) is 54.5 Å². The molecule has 0 spiro atoms. The monoisotopic (exact) mass is 544 g/mol. The van der Waals surface area contributed by atoms with E-state index in [9.17, 15) is 22.8 Å². The van der Waals surface area contributed by atoms with Crippen LogP contribution in [0.5, 0.6) is 0 Å². The summed E-state index contributed by atoms with van der Waals surface area (Å²) in [5, 5.41) is 10.3. The smallest absolute Gasteiger partial charge is 0.433 e. The van der Waals surface area contributed by atoms with E-state index in [1.54, 1.807) is 43.9 Å². The highest BCUT2D eigenvalue weighted by Gasteiger charge is 2.39. The summed E-state index contributed by atoms with van der Waals surface area (Å²) in [6.07, 6.45) is -3.86. The fourth-order valence-corrected chi connectivity index (χ4v) is 4.68. The van der Waals surface area contributed by atoms with Gasteiger partial charge in [0.15, 0.2) is 5.65 Å². The maximum absolute atomic E-state index is 14.0. The van der Waals surface area contributed by atoms with E-state index in [1.807, 2.05) is 0 Å². The molecule has 1 fully saturated rings. The van der Waals surface area contributed by atoms with Crippen molar-refractivity contribution < 1.29 is 27.1 Å². The molecule has 39 heavy (non-hydrogen) atoms. The number of hydrogen-bond acceptors (Lipinski definition) is 7. The lowest BCUT2D eigenvalue weighted by atomic mass is 9.98. The van der Waals surface area contributed by atoms with Crippen molar-refractivity contribution in [2.45, 2.75) is 58.2 Å². The number of aromatic nitrogens is 5. The number of carbonyl (C=O) groups is 1. The van der Waals surface area contributed by atoms with E-state index in [0.717, 1.165) is 4.52 Å². The van der Waals surface area contributed by atoms with Gasteiger partial charge in [-0.1, -0.05) is 30.3 Å². The predicted molar refractivity (Wildman–Crippen MR) is 134 cm³/mol. The van der Waals surface area contributed by atoms with Gasteiger partial charge in [-0.25, -0.2) is 9.78 Å². The van der Waals surface area contributed by atoms with Gasteiger partial charge >= 0.3 is 12.3 Å². The van der Waals surface area contributed by atoms with E-state index in [2.05, 4.69) is 20.3 Å². The lowest BCUT2D eigenvalue weighted by molar-refractivity contribution is -0.140. The molecule has 0 bridgehead atoms. The Hall–Kier alpha value is -4.16. The van der Waals surface area contributed by atoms with Crippen molar-refractivity contribution in [3.8, 4) is 22.6 Å². The summed E-state index contributed by atoms with van der Waals surface area (Å²) < 4.78 is 54.0. The van der Waals surface area contributed by atoms with E-state index >= 15 is 0 Å². The van der Waals surface area contributed by atoms with Crippen LogP contribution in [0.25, 0.3) is 28.2 Å². The van der Waals surface area contributed by atoms with Crippen LogP contribution in [0.3, 0.4) is 0 Å². The van der Waals surface area contributed by atoms with E-state index in [1.165, 1.54) is 19.1 Å². The number of carbonyl (C=O) groups excluding carboxylic acids is 1. The minimum atomic E-state index is -4.77. The number of aromatic amines is 1. The van der Waals surface area contributed by atoms with Gasteiger partial charge in [0, 0.05) is 13.1 Å². The second-order valence-electron chi connectivity index (χ2n) is 10.5. The maximum Gasteiger partial charge on any atom is 0.433 e. The van der Waals surface area contributed by atoms with Crippen LogP contribution in [0.4, 0.5) is 18.0 Å². The van der Waals surface area contributed by atoms with Crippen molar-refractivity contribution in [2.24, 2.45) is 0 Å². The Balaban J connectivity index is 1.52. The minimum Gasteiger partial charge on any atom is -0.444 e. The van der Waals surface area contributed by atoms with Crippen LogP contribution >= 0.6 is 0 Å². The predicted octanol–water partition coefficient (Wildman–Crippen LogP) is 5.18. The summed E-state index contributed by atoms with van der Waals surface area (Å²) >= 11 is 0. The van der Waals surface area contributed by atoms with Gasteiger partial charge in [0.1, 0.15) is 16.9 Å². The SMILES string of the molecule is Cc1nc2c(-c3ccccc3)c(C(F)(F)F)[nH]n2c(=O)c1-c1nnc(C2CCCN(C(=O)OC(C)(C)C)C2)o1. The number of H-pyrrole nitrogens is 1. The first-order valence-electron chi connectivity index (χ1n) is 12.4. The van der Waals surface area contributed by atoms with E-state index in [0.29, 0.717) is 19.4 Å². The third-order valence-electron chi connectivity index (χ3n) is 6.38. The van der Waals surface area contributed by atoms with E-state index in [4.69, 9.17) is 9.15 Å². The Labute approximate surface area is 220 Å². The Morgan fingerprint density at radius 2 is 1.85 bits per heavy atom. The number of likely N-dealkylation sites (tertiary alicyclic amines) is 1. The Bertz CT molecular complexity index is 1580. The molecule has 4 heterocycles. The van der Waals surface area contributed by atoms with Gasteiger partial charge in [-0.3, -0.25) is 9.89 Å². The number of benzene rings is 1. The number of alkyl halides is 3. The number of nitrogens with zero attached hydrogens (tertiary/aromatic N) is 5. The van der Waals surface area contributed by atoms with Crippen molar-refractivity contribution in [1.82, 2.24) is 29.7 Å². The summed E-state index contributed by atoms with van der Waals surface area (Å²) in [6.45, 7) is 7.66. The number of hydrogen-bond donors (Lipinski definition) is 1. The Morgan fingerprint density at radius 1 is 1.13 bits per heavy atom. The second kappa shape index (κ2) is 9.54. The average molecular weight is 545 g/mol. The fourth-order valence-electron chi connectivity index (χ4n) is 4.68. The number of rotatable bonds is 3. The topological polar surface area (TPSA) is 119 Å². The number of fused-ring (bicyclic) bond motifs is 1. The Kier molecular flexibility index (Phi) is 6.47. The molecule has 1 aliphatic rings. The molecule has 10 nitrogen and oxygen atoms in total. The van der Waals surface area contributed by atoms with Crippen molar-refractivity contribution in [2.75, 3.05) is 13.1 Å². The van der Waals surface area contributed by atoms with Crippen LogP contribution in [0.15, 0.2) is 39.5 Å². The molecule has 4 aromatic rings. The first-order valence-corrected chi connectivity index (χ1v) is 12.4. The van der Waals surface area contributed by atoms with Gasteiger partial charge in [0.2, 0.25) is 5.89 Å². The van der Waals surface area contributed by atoms with Crippen molar-refractivity contribution >= 4 is 11.7 Å². The molecule has 0 aliphatic carbocycles. The average Bonchev–Trinajstić information content (AvgIpc) is 3.49. The molecule has 0 saturated carbocycles. The molecule has 1 N–H and O–H groups in total. The molecular weight excluding hydrogens is 517 g/mol. The van der Waals surface area contributed by atoms with Crippen molar-refractivity contribution in [3.63, 3.8) is 0 Å². The molecule has 5 rings (SSSR count). The second-order valence-corrected chi connectivity index (χ2v) is 10.5. The zero-order chi connectivity index (χ0) is 28.1. The molecule has 1 atom stereocenters. The number of ether oxygens (including phenoxy) is 1. The minimum absolute atomic E-state index is 0.111. The largest absolute Gasteiger partial charge is 0.444 e. The van der Waals surface area contributed by atoms with E-state index in [-0.39, 0.29) is 52.3 Å². The molecule has 1 aliphatic heterocycles. The highest BCUT2D eigenvalue weighted by Crippen LogP contribution is 2.38. The molecule has 0 radical (unpaired) electrons. The van der Waals surface area contributed by atoms with Crippen molar-refractivity contribution in [1.29, 1.82) is 0 Å². The zero-order valence-electron chi connectivity index (χ0n) is 21.8. The lowest BCUT2D eigenvalue weighted by Crippen LogP contribution is -2.42. The quantitative estimate of drug-likeness (QED) is 0.377. The van der Waals surface area contributed by atoms with Gasteiger partial charge in [-0.05, 0) is 46.1 Å². The molecule has 1 saturated heterocycles. The summed E-state index contributed by atoms with van der Waals surface area (Å²) in [5.41, 5.74) is -2.65. The molecule has 13 heteroatoms. The van der Waals surface area contributed by atoms with Gasteiger partial charge in [0.05, 0.1) is 17.2 Å². The van der Waals surface area contributed by atoms with Crippen LogP contribution in [-0.2, 0) is 10.9 Å². The normalized spacial score (nSPS) is 16.6. The van der Waals surface area contributed by atoms with Crippen LogP contribution in [0.2, 0.25) is 0 Å².